The summed E-state index contributed by atoms with van der Waals surface area (Å²) in [5.41, 5.74) is 2.23. The Balaban J connectivity index is 1.36. The fraction of sp³-hybridized carbons (Fsp3) is 0.500. The number of carbonyl (C=O) groups is 1. The van der Waals surface area contributed by atoms with Gasteiger partial charge >= 0.3 is 0 Å². The summed E-state index contributed by atoms with van der Waals surface area (Å²) in [6.45, 7) is 3.93. The number of ether oxygens (including phenoxy) is 2. The van der Waals surface area contributed by atoms with Crippen LogP contribution < -0.4 is 10.1 Å². The van der Waals surface area contributed by atoms with Crippen LogP contribution in [0, 0.1) is 12.8 Å². The zero-order valence-corrected chi connectivity index (χ0v) is 15.5. The number of carbonyl (C=O) groups excluding carboxylic acids is 1. The molecule has 0 radical (unpaired) electrons. The van der Waals surface area contributed by atoms with Crippen molar-refractivity contribution in [2.75, 3.05) is 19.8 Å². The predicted octanol–water partition coefficient (Wildman–Crippen LogP) is 2.78. The van der Waals surface area contributed by atoms with E-state index in [0.717, 1.165) is 24.5 Å². The van der Waals surface area contributed by atoms with E-state index in [9.17, 15) is 4.79 Å². The van der Waals surface area contributed by atoms with Gasteiger partial charge in [-0.15, -0.1) is 0 Å². The quantitative estimate of drug-likeness (QED) is 0.738. The van der Waals surface area contributed by atoms with Crippen molar-refractivity contribution in [3.8, 4) is 5.75 Å². The number of nitrogens with zero attached hydrogens (tertiary/aromatic N) is 2. The van der Waals surface area contributed by atoms with E-state index in [4.69, 9.17) is 9.47 Å². The third kappa shape index (κ3) is 4.85. The number of benzene rings is 1. The minimum atomic E-state index is 0.00690. The van der Waals surface area contributed by atoms with E-state index in [1.165, 1.54) is 5.56 Å². The van der Waals surface area contributed by atoms with Gasteiger partial charge in [-0.3, -0.25) is 9.48 Å². The summed E-state index contributed by atoms with van der Waals surface area (Å²) in [6.07, 6.45) is 3.91. The van der Waals surface area contributed by atoms with Gasteiger partial charge in [0.15, 0.2) is 0 Å². The van der Waals surface area contributed by atoms with Crippen LogP contribution in [0.25, 0.3) is 0 Å². The summed E-state index contributed by atoms with van der Waals surface area (Å²) < 4.78 is 13.4. The first kappa shape index (κ1) is 18.5. The molecule has 1 N–H and O–H groups in total. The Morgan fingerprint density at radius 1 is 1.42 bits per heavy atom. The normalized spacial score (nSPS) is 19.5. The number of hydrogen-bond acceptors (Lipinski definition) is 4. The average molecular weight is 357 g/mol. The van der Waals surface area contributed by atoms with E-state index >= 15 is 0 Å². The number of aryl methyl sites for hydroxylation is 2. The highest BCUT2D eigenvalue weighted by molar-refractivity contribution is 5.75. The van der Waals surface area contributed by atoms with Gasteiger partial charge in [-0.25, -0.2) is 0 Å². The smallest absolute Gasteiger partial charge is 0.220 e. The van der Waals surface area contributed by atoms with Crippen LogP contribution in [0.15, 0.2) is 36.5 Å². The fourth-order valence-electron chi connectivity index (χ4n) is 3.29. The lowest BCUT2D eigenvalue weighted by atomic mass is 9.99. The second-order valence-corrected chi connectivity index (χ2v) is 6.79. The summed E-state index contributed by atoms with van der Waals surface area (Å²) in [5, 5.41) is 7.25. The van der Waals surface area contributed by atoms with Gasteiger partial charge in [0, 0.05) is 38.7 Å². The predicted molar refractivity (Wildman–Crippen MR) is 98.9 cm³/mol. The first-order chi connectivity index (χ1) is 12.6. The largest absolute Gasteiger partial charge is 0.494 e. The molecule has 2 aromatic rings. The average Bonchev–Trinajstić information content (AvgIpc) is 3.25. The monoisotopic (exact) mass is 357 g/mol. The molecule has 6 nitrogen and oxygen atoms in total. The van der Waals surface area contributed by atoms with Crippen LogP contribution in [0.2, 0.25) is 0 Å². The minimum Gasteiger partial charge on any atom is -0.494 e. The molecule has 3 rings (SSSR count). The first-order valence-corrected chi connectivity index (χ1v) is 9.19. The highest BCUT2D eigenvalue weighted by atomic mass is 16.5. The topological polar surface area (TPSA) is 65.4 Å². The molecule has 1 amide bonds. The lowest BCUT2D eigenvalue weighted by Crippen LogP contribution is -2.31. The zero-order valence-electron chi connectivity index (χ0n) is 15.5. The van der Waals surface area contributed by atoms with Crippen LogP contribution in [0.1, 0.15) is 36.6 Å². The maximum absolute atomic E-state index is 12.1. The Morgan fingerprint density at radius 2 is 2.31 bits per heavy atom. The van der Waals surface area contributed by atoms with E-state index in [0.29, 0.717) is 26.0 Å². The van der Waals surface area contributed by atoms with Gasteiger partial charge in [0.1, 0.15) is 11.9 Å². The molecule has 2 atom stereocenters. The molecule has 1 aliphatic heterocycles. The Kier molecular flexibility index (Phi) is 6.28. The van der Waals surface area contributed by atoms with Crippen molar-refractivity contribution in [2.24, 2.45) is 13.0 Å². The molecule has 2 heterocycles. The van der Waals surface area contributed by atoms with Gasteiger partial charge in [0.05, 0.1) is 12.3 Å². The molecule has 6 heteroatoms. The van der Waals surface area contributed by atoms with Crippen molar-refractivity contribution in [1.82, 2.24) is 15.1 Å². The molecule has 0 saturated carbocycles. The first-order valence-electron chi connectivity index (χ1n) is 9.19. The van der Waals surface area contributed by atoms with Crippen LogP contribution in [-0.2, 0) is 16.6 Å². The lowest BCUT2D eigenvalue weighted by Gasteiger charge is -2.19. The maximum atomic E-state index is 12.1. The van der Waals surface area contributed by atoms with Crippen molar-refractivity contribution in [1.29, 1.82) is 0 Å². The molecular formula is C20H27N3O3. The molecule has 0 unspecified atom stereocenters. The standard InChI is InChI=1S/C20H27N3O3/c1-15-5-3-6-17(13-15)25-11-4-7-19(24)21-14-16-9-12-26-20(16)18-8-10-22-23(18)2/h3,5-6,8,10,13,16,20H,4,7,9,11-12,14H2,1-2H3,(H,21,24)/t16-,20+/m0/s1. The number of hydrogen-bond donors (Lipinski definition) is 1. The van der Waals surface area contributed by atoms with E-state index in [1.807, 2.05) is 49.0 Å². The zero-order chi connectivity index (χ0) is 18.4. The Hall–Kier alpha value is -2.34. The number of rotatable bonds is 8. The summed E-state index contributed by atoms with van der Waals surface area (Å²) >= 11 is 0. The summed E-state index contributed by atoms with van der Waals surface area (Å²) in [5.74, 6) is 1.21. The van der Waals surface area contributed by atoms with Crippen molar-refractivity contribution < 1.29 is 14.3 Å². The van der Waals surface area contributed by atoms with Gasteiger partial charge in [-0.2, -0.15) is 5.10 Å². The minimum absolute atomic E-state index is 0.00690. The molecule has 140 valence electrons. The van der Waals surface area contributed by atoms with Gasteiger partial charge in [-0.1, -0.05) is 12.1 Å². The third-order valence-corrected chi connectivity index (χ3v) is 4.73. The molecule has 1 saturated heterocycles. The molecule has 1 aromatic heterocycles. The Labute approximate surface area is 154 Å². The van der Waals surface area contributed by atoms with E-state index in [-0.39, 0.29) is 17.9 Å². The molecular weight excluding hydrogens is 330 g/mol. The third-order valence-electron chi connectivity index (χ3n) is 4.73. The number of aromatic nitrogens is 2. The molecule has 1 aliphatic rings. The van der Waals surface area contributed by atoms with Crippen molar-refractivity contribution in [3.63, 3.8) is 0 Å². The van der Waals surface area contributed by atoms with Gasteiger partial charge in [0.25, 0.3) is 0 Å². The fourth-order valence-corrected chi connectivity index (χ4v) is 3.29. The number of amides is 1. The maximum Gasteiger partial charge on any atom is 0.220 e. The van der Waals surface area contributed by atoms with Gasteiger partial charge in [-0.05, 0) is 43.5 Å². The molecule has 0 aliphatic carbocycles. The van der Waals surface area contributed by atoms with E-state index in [1.54, 1.807) is 6.20 Å². The lowest BCUT2D eigenvalue weighted by molar-refractivity contribution is -0.121. The molecule has 1 aromatic carbocycles. The van der Waals surface area contributed by atoms with Crippen LogP contribution in [0.5, 0.6) is 5.75 Å². The van der Waals surface area contributed by atoms with Gasteiger partial charge in [0.2, 0.25) is 5.91 Å². The van der Waals surface area contributed by atoms with Gasteiger partial charge < -0.3 is 14.8 Å². The highest BCUT2D eigenvalue weighted by Gasteiger charge is 2.31. The molecule has 0 bridgehead atoms. The van der Waals surface area contributed by atoms with Crippen molar-refractivity contribution in [3.05, 3.63) is 47.8 Å². The molecule has 1 fully saturated rings. The van der Waals surface area contributed by atoms with Crippen LogP contribution in [0.3, 0.4) is 0 Å². The summed E-state index contributed by atoms with van der Waals surface area (Å²) in [6, 6.07) is 9.92. The van der Waals surface area contributed by atoms with Crippen molar-refractivity contribution >= 4 is 5.91 Å². The van der Waals surface area contributed by atoms with Crippen LogP contribution in [-0.4, -0.2) is 35.4 Å². The molecule has 26 heavy (non-hydrogen) atoms. The highest BCUT2D eigenvalue weighted by Crippen LogP contribution is 2.33. The van der Waals surface area contributed by atoms with Crippen molar-refractivity contribution in [2.45, 2.75) is 32.3 Å². The second-order valence-electron chi connectivity index (χ2n) is 6.79. The SMILES string of the molecule is Cc1cccc(OCCCC(=O)NC[C@@H]2CCO[C@H]2c2ccnn2C)c1. The van der Waals surface area contributed by atoms with E-state index < -0.39 is 0 Å². The summed E-state index contributed by atoms with van der Waals surface area (Å²) in [4.78, 5) is 12.1. The Morgan fingerprint density at radius 3 is 3.08 bits per heavy atom. The summed E-state index contributed by atoms with van der Waals surface area (Å²) in [7, 11) is 1.92. The molecule has 0 spiro atoms. The number of nitrogens with one attached hydrogen (secondary N) is 1. The van der Waals surface area contributed by atoms with Crippen LogP contribution >= 0.6 is 0 Å². The Bertz CT molecular complexity index is 729. The van der Waals surface area contributed by atoms with Crippen LogP contribution in [0.4, 0.5) is 0 Å². The van der Waals surface area contributed by atoms with E-state index in [2.05, 4.69) is 10.4 Å². The second kappa shape index (κ2) is 8.85.